The fraction of sp³-hybridized carbons (Fsp3) is 0.214. The fourth-order valence-electron chi connectivity index (χ4n) is 4.16. The van der Waals surface area contributed by atoms with Crippen molar-refractivity contribution in [2.75, 3.05) is 18.4 Å². The van der Waals surface area contributed by atoms with E-state index in [0.717, 1.165) is 5.56 Å². The number of rotatable bonds is 9. The van der Waals surface area contributed by atoms with Crippen LogP contribution in [0.5, 0.6) is 0 Å². The van der Waals surface area contributed by atoms with E-state index in [1.54, 1.807) is 44.5 Å². The second-order valence-electron chi connectivity index (χ2n) is 8.74. The Kier molecular flexibility index (Phi) is 7.92. The van der Waals surface area contributed by atoms with Crippen molar-refractivity contribution in [3.8, 4) is 0 Å². The highest BCUT2D eigenvalue weighted by molar-refractivity contribution is 6.34. The third-order valence-corrected chi connectivity index (χ3v) is 6.06. The van der Waals surface area contributed by atoms with Gasteiger partial charge in [-0.1, -0.05) is 6.07 Å². The Morgan fingerprint density at radius 2 is 1.89 bits per heavy atom. The van der Waals surface area contributed by atoms with E-state index in [2.05, 4.69) is 25.9 Å². The smallest absolute Gasteiger partial charge is 0.256 e. The summed E-state index contributed by atoms with van der Waals surface area (Å²) in [5.41, 5.74) is 4.73. The Hall–Kier alpha value is -4.53. The quantitative estimate of drug-likeness (QED) is 0.262. The molecule has 0 aliphatic carbocycles. The van der Waals surface area contributed by atoms with Crippen LogP contribution in [0.25, 0.3) is 17.7 Å². The van der Waals surface area contributed by atoms with E-state index in [1.165, 1.54) is 24.3 Å². The number of amides is 3. The molecular formula is C28H28FN5O3. The average Bonchev–Trinajstić information content (AvgIpc) is 3.34. The van der Waals surface area contributed by atoms with Crippen molar-refractivity contribution in [3.63, 3.8) is 0 Å². The molecule has 0 spiro atoms. The standard InChI is InChI=1S/C28H28FN5O3/c1-17-24(15-22-21-14-20(29)8-9-23(21)34-27(22)36)33-18(2)26(17)28(37)32-13-4-3-12-31-25(35)10-7-19-6-5-11-30-16-19/h5-11,14-16,33H,3-4,12-13H2,1-2H3,(H,31,35)(H,32,37)(H,34,36)/b10-7+,22-15?. The largest absolute Gasteiger partial charge is 0.358 e. The predicted molar refractivity (Wildman–Crippen MR) is 141 cm³/mol. The number of nitrogens with one attached hydrogen (secondary N) is 4. The van der Waals surface area contributed by atoms with Gasteiger partial charge in [-0.15, -0.1) is 0 Å². The number of fused-ring (bicyclic) bond motifs is 1. The molecule has 37 heavy (non-hydrogen) atoms. The van der Waals surface area contributed by atoms with Crippen LogP contribution in [0.1, 0.15) is 51.3 Å². The van der Waals surface area contributed by atoms with E-state index in [4.69, 9.17) is 0 Å². The van der Waals surface area contributed by atoms with Crippen LogP contribution in [-0.4, -0.2) is 40.8 Å². The van der Waals surface area contributed by atoms with Crippen molar-refractivity contribution in [3.05, 3.63) is 88.3 Å². The van der Waals surface area contributed by atoms with Gasteiger partial charge in [-0.2, -0.15) is 0 Å². The lowest BCUT2D eigenvalue weighted by atomic mass is 10.0. The number of halogens is 1. The molecule has 4 N–H and O–H groups in total. The molecule has 1 aliphatic heterocycles. The predicted octanol–water partition coefficient (Wildman–Crippen LogP) is 4.00. The summed E-state index contributed by atoms with van der Waals surface area (Å²) in [5.74, 6) is -1.16. The first-order chi connectivity index (χ1) is 17.8. The minimum Gasteiger partial charge on any atom is -0.358 e. The van der Waals surface area contributed by atoms with Crippen molar-refractivity contribution in [1.29, 1.82) is 0 Å². The molecule has 1 aliphatic rings. The molecule has 0 unspecified atom stereocenters. The number of nitrogens with zero attached hydrogens (tertiary/aromatic N) is 1. The number of unbranched alkanes of at least 4 members (excludes halogenated alkanes) is 1. The van der Waals surface area contributed by atoms with Gasteiger partial charge in [0.05, 0.1) is 11.1 Å². The Bertz CT molecular complexity index is 1390. The van der Waals surface area contributed by atoms with Crippen LogP contribution in [0.15, 0.2) is 48.8 Å². The second kappa shape index (κ2) is 11.5. The summed E-state index contributed by atoms with van der Waals surface area (Å²) in [4.78, 5) is 44.3. The highest BCUT2D eigenvalue weighted by Gasteiger charge is 2.26. The number of pyridine rings is 1. The van der Waals surface area contributed by atoms with Gasteiger partial charge in [0.1, 0.15) is 5.82 Å². The van der Waals surface area contributed by atoms with E-state index < -0.39 is 5.82 Å². The Morgan fingerprint density at radius 1 is 1.11 bits per heavy atom. The third kappa shape index (κ3) is 6.19. The van der Waals surface area contributed by atoms with Gasteiger partial charge in [0.25, 0.3) is 11.8 Å². The molecule has 0 radical (unpaired) electrons. The van der Waals surface area contributed by atoms with E-state index in [9.17, 15) is 18.8 Å². The normalized spacial score (nSPS) is 13.6. The first kappa shape index (κ1) is 25.6. The molecule has 0 fully saturated rings. The molecule has 4 rings (SSSR count). The van der Waals surface area contributed by atoms with Gasteiger partial charge in [0.2, 0.25) is 5.91 Å². The average molecular weight is 502 g/mol. The Morgan fingerprint density at radius 3 is 2.65 bits per heavy atom. The van der Waals surface area contributed by atoms with Crippen LogP contribution < -0.4 is 16.0 Å². The number of hydrogen-bond acceptors (Lipinski definition) is 4. The van der Waals surface area contributed by atoms with E-state index in [0.29, 0.717) is 65.3 Å². The molecule has 0 bridgehead atoms. The maximum atomic E-state index is 13.7. The summed E-state index contributed by atoms with van der Waals surface area (Å²) in [7, 11) is 0. The van der Waals surface area contributed by atoms with Crippen molar-refractivity contribution >= 4 is 41.1 Å². The molecule has 0 saturated heterocycles. The number of aromatic amines is 1. The van der Waals surface area contributed by atoms with Crippen LogP contribution >= 0.6 is 0 Å². The lowest BCUT2D eigenvalue weighted by Gasteiger charge is -2.07. The van der Waals surface area contributed by atoms with Crippen molar-refractivity contribution < 1.29 is 18.8 Å². The second-order valence-corrected chi connectivity index (χ2v) is 8.74. The van der Waals surface area contributed by atoms with E-state index in [1.807, 2.05) is 6.07 Å². The summed E-state index contributed by atoms with van der Waals surface area (Å²) in [5, 5.41) is 8.45. The molecule has 3 aromatic rings. The minimum atomic E-state index is -0.429. The van der Waals surface area contributed by atoms with E-state index in [-0.39, 0.29) is 17.7 Å². The lowest BCUT2D eigenvalue weighted by molar-refractivity contribution is -0.116. The summed E-state index contributed by atoms with van der Waals surface area (Å²) in [6.07, 6.45) is 9.56. The molecule has 8 nitrogen and oxygen atoms in total. The highest BCUT2D eigenvalue weighted by atomic mass is 19.1. The SMILES string of the molecule is Cc1[nH]c(C=C2C(=O)Nc3ccc(F)cc32)c(C)c1C(=O)NCCCCNC(=O)/C=C/c1cccnc1. The van der Waals surface area contributed by atoms with Gasteiger partial charge >= 0.3 is 0 Å². The summed E-state index contributed by atoms with van der Waals surface area (Å²) < 4.78 is 13.7. The van der Waals surface area contributed by atoms with Crippen LogP contribution in [0, 0.1) is 19.7 Å². The first-order valence-electron chi connectivity index (χ1n) is 12.0. The zero-order chi connectivity index (χ0) is 26.4. The first-order valence-corrected chi connectivity index (χ1v) is 12.0. The van der Waals surface area contributed by atoms with Gasteiger partial charge in [0, 0.05) is 54.2 Å². The Labute approximate surface area is 214 Å². The van der Waals surface area contributed by atoms with Crippen molar-refractivity contribution in [2.45, 2.75) is 26.7 Å². The summed E-state index contributed by atoms with van der Waals surface area (Å²) in [6.45, 7) is 4.55. The zero-order valence-corrected chi connectivity index (χ0v) is 20.7. The van der Waals surface area contributed by atoms with E-state index >= 15 is 0 Å². The molecule has 190 valence electrons. The van der Waals surface area contributed by atoms with Gasteiger partial charge in [0.15, 0.2) is 0 Å². The highest BCUT2D eigenvalue weighted by Crippen LogP contribution is 2.34. The summed E-state index contributed by atoms with van der Waals surface area (Å²) >= 11 is 0. The zero-order valence-electron chi connectivity index (χ0n) is 20.7. The molecular weight excluding hydrogens is 473 g/mol. The van der Waals surface area contributed by atoms with Crippen LogP contribution in [0.4, 0.5) is 10.1 Å². The summed E-state index contributed by atoms with van der Waals surface area (Å²) in [6, 6.07) is 7.80. The van der Waals surface area contributed by atoms with Crippen molar-refractivity contribution in [1.82, 2.24) is 20.6 Å². The van der Waals surface area contributed by atoms with Crippen LogP contribution in [0.2, 0.25) is 0 Å². The van der Waals surface area contributed by atoms with Gasteiger partial charge < -0.3 is 20.9 Å². The number of hydrogen-bond donors (Lipinski definition) is 4. The Balaban J connectivity index is 1.28. The minimum absolute atomic E-state index is 0.186. The number of aryl methyl sites for hydroxylation is 1. The molecule has 1 aromatic carbocycles. The maximum Gasteiger partial charge on any atom is 0.256 e. The number of H-pyrrole nitrogens is 1. The molecule has 0 saturated carbocycles. The maximum absolute atomic E-state index is 13.7. The van der Waals surface area contributed by atoms with Gasteiger partial charge in [-0.05, 0) is 74.2 Å². The third-order valence-electron chi connectivity index (χ3n) is 6.06. The lowest BCUT2D eigenvalue weighted by Crippen LogP contribution is -2.27. The molecule has 3 amide bonds. The van der Waals surface area contributed by atoms with Gasteiger partial charge in [-0.25, -0.2) is 4.39 Å². The number of carbonyl (C=O) groups is 3. The van der Waals surface area contributed by atoms with Crippen LogP contribution in [-0.2, 0) is 9.59 Å². The topological polar surface area (TPSA) is 116 Å². The monoisotopic (exact) mass is 501 g/mol. The number of carbonyl (C=O) groups excluding carboxylic acids is 3. The number of anilines is 1. The van der Waals surface area contributed by atoms with Crippen molar-refractivity contribution in [2.24, 2.45) is 0 Å². The molecule has 0 atom stereocenters. The fourth-order valence-corrected chi connectivity index (χ4v) is 4.16. The van der Waals surface area contributed by atoms with Crippen LogP contribution in [0.3, 0.4) is 0 Å². The molecule has 3 heterocycles. The van der Waals surface area contributed by atoms with Gasteiger partial charge in [-0.3, -0.25) is 19.4 Å². The molecule has 2 aromatic heterocycles. The molecule has 9 heteroatoms. The number of aromatic nitrogens is 2. The number of benzene rings is 1.